The zero-order valence-electron chi connectivity index (χ0n) is 14.4. The van der Waals surface area contributed by atoms with Gasteiger partial charge in [-0.3, -0.25) is 9.59 Å². The van der Waals surface area contributed by atoms with Gasteiger partial charge >= 0.3 is 5.97 Å². The van der Waals surface area contributed by atoms with Crippen LogP contribution in [-0.4, -0.2) is 47.7 Å². The molecule has 0 heterocycles. The number of carboxylic acids is 1. The van der Waals surface area contributed by atoms with E-state index in [-0.39, 0.29) is 18.5 Å². The summed E-state index contributed by atoms with van der Waals surface area (Å²) in [6.45, 7) is 6.58. The molecule has 1 N–H and O–H groups in total. The maximum Gasteiger partial charge on any atom is 0.308 e. The highest BCUT2D eigenvalue weighted by molar-refractivity contribution is 5.95. The van der Waals surface area contributed by atoms with Crippen LogP contribution in [0.5, 0.6) is 11.5 Å². The van der Waals surface area contributed by atoms with Gasteiger partial charge in [-0.1, -0.05) is 6.92 Å². The summed E-state index contributed by atoms with van der Waals surface area (Å²) in [5.74, 6) is -0.506. The summed E-state index contributed by atoms with van der Waals surface area (Å²) >= 11 is 0. The molecule has 1 unspecified atom stereocenters. The van der Waals surface area contributed by atoms with Crippen LogP contribution in [-0.2, 0) is 4.79 Å². The molecule has 0 aromatic heterocycles. The van der Waals surface area contributed by atoms with Crippen molar-refractivity contribution < 1.29 is 24.2 Å². The summed E-state index contributed by atoms with van der Waals surface area (Å²) < 4.78 is 11.1. The minimum absolute atomic E-state index is 0.140. The van der Waals surface area contributed by atoms with Crippen LogP contribution in [0.4, 0.5) is 0 Å². The van der Waals surface area contributed by atoms with Crippen molar-refractivity contribution in [1.29, 1.82) is 0 Å². The number of amides is 1. The number of aliphatic carboxylic acids is 1. The predicted molar refractivity (Wildman–Crippen MR) is 89.6 cm³/mol. The predicted octanol–water partition coefficient (Wildman–Crippen LogP) is 2.81. The van der Waals surface area contributed by atoms with Crippen LogP contribution in [0.1, 0.15) is 44.0 Å². The third-order valence-electron chi connectivity index (χ3n) is 3.93. The van der Waals surface area contributed by atoms with Crippen LogP contribution in [0.15, 0.2) is 18.2 Å². The molecule has 1 saturated carbocycles. The lowest BCUT2D eigenvalue weighted by atomic mass is 10.1. The fourth-order valence-electron chi connectivity index (χ4n) is 2.51. The lowest BCUT2D eigenvalue weighted by molar-refractivity contribution is -0.141. The molecular formula is C18H25NO5. The zero-order valence-corrected chi connectivity index (χ0v) is 14.4. The average Bonchev–Trinajstić information content (AvgIpc) is 3.38. The molecule has 0 spiro atoms. The second kappa shape index (κ2) is 8.04. The minimum Gasteiger partial charge on any atom is -0.490 e. The van der Waals surface area contributed by atoms with E-state index in [1.54, 1.807) is 30.0 Å². The van der Waals surface area contributed by atoms with Crippen LogP contribution >= 0.6 is 0 Å². The second-order valence-corrected chi connectivity index (χ2v) is 5.96. The quantitative estimate of drug-likeness (QED) is 0.751. The van der Waals surface area contributed by atoms with Gasteiger partial charge in [-0.2, -0.15) is 0 Å². The Balaban J connectivity index is 2.22. The molecule has 0 radical (unpaired) electrons. The van der Waals surface area contributed by atoms with E-state index >= 15 is 0 Å². The van der Waals surface area contributed by atoms with Crippen molar-refractivity contribution >= 4 is 11.9 Å². The van der Waals surface area contributed by atoms with Gasteiger partial charge in [-0.15, -0.1) is 0 Å². The van der Waals surface area contributed by atoms with E-state index in [0.29, 0.717) is 30.3 Å². The molecule has 1 fully saturated rings. The van der Waals surface area contributed by atoms with Crippen molar-refractivity contribution in [3.05, 3.63) is 23.8 Å². The maximum absolute atomic E-state index is 12.8. The smallest absolute Gasteiger partial charge is 0.308 e. The van der Waals surface area contributed by atoms with E-state index < -0.39 is 11.9 Å². The molecule has 1 atom stereocenters. The molecule has 1 aliphatic rings. The Morgan fingerprint density at radius 3 is 2.38 bits per heavy atom. The lowest BCUT2D eigenvalue weighted by Crippen LogP contribution is -2.38. The van der Waals surface area contributed by atoms with Crippen LogP contribution in [0.3, 0.4) is 0 Å². The van der Waals surface area contributed by atoms with Crippen LogP contribution in [0, 0.1) is 5.92 Å². The first kappa shape index (κ1) is 18.1. The van der Waals surface area contributed by atoms with Crippen molar-refractivity contribution in [2.24, 2.45) is 5.92 Å². The number of carbonyl (C=O) groups is 2. The normalized spacial score (nSPS) is 14.8. The van der Waals surface area contributed by atoms with Gasteiger partial charge < -0.3 is 19.5 Å². The summed E-state index contributed by atoms with van der Waals surface area (Å²) in [6.07, 6.45) is 1.85. The first-order valence-corrected chi connectivity index (χ1v) is 8.41. The largest absolute Gasteiger partial charge is 0.490 e. The van der Waals surface area contributed by atoms with E-state index in [1.165, 1.54) is 0 Å². The molecule has 132 valence electrons. The summed E-state index contributed by atoms with van der Waals surface area (Å²) in [7, 11) is 0. The van der Waals surface area contributed by atoms with E-state index in [9.17, 15) is 9.59 Å². The van der Waals surface area contributed by atoms with E-state index in [0.717, 1.165) is 12.8 Å². The highest BCUT2D eigenvalue weighted by Crippen LogP contribution is 2.32. The highest BCUT2D eigenvalue weighted by atomic mass is 16.5. The van der Waals surface area contributed by atoms with Crippen LogP contribution in [0.2, 0.25) is 0 Å². The Kier molecular flexibility index (Phi) is 6.06. The number of ether oxygens (including phenoxy) is 2. The Bertz CT molecular complexity index is 597. The number of hydrogen-bond acceptors (Lipinski definition) is 4. The lowest BCUT2D eigenvalue weighted by Gasteiger charge is -2.25. The Morgan fingerprint density at radius 2 is 1.83 bits per heavy atom. The molecular weight excluding hydrogens is 310 g/mol. The fourth-order valence-corrected chi connectivity index (χ4v) is 2.51. The van der Waals surface area contributed by atoms with E-state index in [1.807, 2.05) is 13.8 Å². The van der Waals surface area contributed by atoms with Gasteiger partial charge in [0.2, 0.25) is 0 Å². The van der Waals surface area contributed by atoms with Crippen molar-refractivity contribution in [2.45, 2.75) is 39.7 Å². The summed E-state index contributed by atoms with van der Waals surface area (Å²) in [5.41, 5.74) is 0.492. The molecule has 6 nitrogen and oxygen atoms in total. The molecule has 1 aromatic rings. The third-order valence-corrected chi connectivity index (χ3v) is 3.93. The van der Waals surface area contributed by atoms with E-state index in [4.69, 9.17) is 14.6 Å². The number of carbonyl (C=O) groups excluding carboxylic acids is 1. The van der Waals surface area contributed by atoms with E-state index in [2.05, 4.69) is 0 Å². The molecule has 1 aliphatic carbocycles. The molecule has 6 heteroatoms. The number of benzene rings is 1. The van der Waals surface area contributed by atoms with Gasteiger partial charge in [-0.25, -0.2) is 0 Å². The number of rotatable bonds is 9. The minimum atomic E-state index is -0.893. The Morgan fingerprint density at radius 1 is 1.21 bits per heavy atom. The van der Waals surface area contributed by atoms with Gasteiger partial charge in [0.15, 0.2) is 11.5 Å². The Labute approximate surface area is 142 Å². The molecule has 24 heavy (non-hydrogen) atoms. The first-order chi connectivity index (χ1) is 11.5. The molecule has 1 amide bonds. The number of hydrogen-bond donors (Lipinski definition) is 1. The van der Waals surface area contributed by atoms with Gasteiger partial charge in [0.1, 0.15) is 0 Å². The van der Waals surface area contributed by atoms with Crippen molar-refractivity contribution in [3.8, 4) is 11.5 Å². The van der Waals surface area contributed by atoms with Crippen molar-refractivity contribution in [1.82, 2.24) is 4.90 Å². The molecule has 0 aliphatic heterocycles. The average molecular weight is 335 g/mol. The van der Waals surface area contributed by atoms with Crippen LogP contribution in [0.25, 0.3) is 0 Å². The van der Waals surface area contributed by atoms with Crippen molar-refractivity contribution in [2.75, 3.05) is 19.8 Å². The summed E-state index contributed by atoms with van der Waals surface area (Å²) in [6, 6.07) is 5.25. The van der Waals surface area contributed by atoms with Gasteiger partial charge in [0.25, 0.3) is 5.91 Å². The van der Waals surface area contributed by atoms with Crippen LogP contribution < -0.4 is 9.47 Å². The maximum atomic E-state index is 12.8. The topological polar surface area (TPSA) is 76.1 Å². The summed E-state index contributed by atoms with van der Waals surface area (Å²) in [5, 5.41) is 9.12. The monoisotopic (exact) mass is 335 g/mol. The highest BCUT2D eigenvalue weighted by Gasteiger charge is 2.35. The molecule has 1 aromatic carbocycles. The van der Waals surface area contributed by atoms with Crippen molar-refractivity contribution in [3.63, 3.8) is 0 Å². The van der Waals surface area contributed by atoms with Gasteiger partial charge in [0, 0.05) is 18.2 Å². The third kappa shape index (κ3) is 4.40. The van der Waals surface area contributed by atoms with Gasteiger partial charge in [-0.05, 0) is 44.9 Å². The Hall–Kier alpha value is -2.24. The first-order valence-electron chi connectivity index (χ1n) is 8.41. The number of carboxylic acid groups (broad SMARTS) is 1. The standard InChI is InChI=1S/C18H25NO5/c1-4-23-15-9-6-13(10-16(15)24-5-2)17(20)19(14-7-8-14)11-12(3)18(21)22/h6,9-10,12,14H,4-5,7-8,11H2,1-3H3,(H,21,22). The zero-order chi connectivity index (χ0) is 17.7. The molecule has 0 bridgehead atoms. The van der Waals surface area contributed by atoms with Gasteiger partial charge in [0.05, 0.1) is 19.1 Å². The molecule has 2 rings (SSSR count). The second-order valence-electron chi connectivity index (χ2n) is 5.96. The molecule has 0 saturated heterocycles. The fraction of sp³-hybridized carbons (Fsp3) is 0.556. The summed E-state index contributed by atoms with van der Waals surface area (Å²) in [4.78, 5) is 25.6. The number of nitrogens with zero attached hydrogens (tertiary/aromatic N) is 1. The SMILES string of the molecule is CCOc1ccc(C(=O)N(CC(C)C(=O)O)C2CC2)cc1OCC.